The lowest BCUT2D eigenvalue weighted by Gasteiger charge is -2.11. The number of nitrogens with one attached hydrogen (secondary N) is 2. The van der Waals surface area contributed by atoms with Gasteiger partial charge in [-0.3, -0.25) is 0 Å². The molecule has 4 heteroatoms. The molecule has 2 N–H and O–H groups in total. The number of hydrogen-bond acceptors (Lipinski definition) is 2. The van der Waals surface area contributed by atoms with Crippen LogP contribution < -0.4 is 10.6 Å². The van der Waals surface area contributed by atoms with Crippen molar-refractivity contribution in [3.63, 3.8) is 0 Å². The Morgan fingerprint density at radius 1 is 0.947 bits per heavy atom. The number of aryl methyl sites for hydroxylation is 3. The van der Waals surface area contributed by atoms with Crippen LogP contribution in [0.2, 0.25) is 0 Å². The summed E-state index contributed by atoms with van der Waals surface area (Å²) in [7, 11) is 0. The second-order valence-corrected chi connectivity index (χ2v) is 5.02. The number of pyridine rings is 1. The van der Waals surface area contributed by atoms with Crippen molar-refractivity contribution < 1.29 is 0 Å². The highest BCUT2D eigenvalue weighted by Crippen LogP contribution is 2.11. The Morgan fingerprint density at radius 2 is 1.63 bits per heavy atom. The van der Waals surface area contributed by atoms with Crippen molar-refractivity contribution in [3.05, 3.63) is 53.2 Å². The number of hydrogen-bond donors (Lipinski definition) is 2. The lowest BCUT2D eigenvalue weighted by Crippen LogP contribution is -2.20. The largest absolute Gasteiger partial charge is 0.332 e. The summed E-state index contributed by atoms with van der Waals surface area (Å²) >= 11 is 5.28. The zero-order valence-corrected chi connectivity index (χ0v) is 12.1. The Kier molecular flexibility index (Phi) is 4.12. The van der Waals surface area contributed by atoms with E-state index in [1.807, 2.05) is 50.2 Å². The highest BCUT2D eigenvalue weighted by Gasteiger charge is 2.01. The number of anilines is 2. The van der Waals surface area contributed by atoms with E-state index >= 15 is 0 Å². The van der Waals surface area contributed by atoms with E-state index in [9.17, 15) is 0 Å². The van der Waals surface area contributed by atoms with Crippen molar-refractivity contribution in [2.45, 2.75) is 20.8 Å². The Balaban J connectivity index is 2.03. The van der Waals surface area contributed by atoms with Gasteiger partial charge in [-0.25, -0.2) is 4.98 Å². The van der Waals surface area contributed by atoms with Crippen LogP contribution in [-0.2, 0) is 0 Å². The van der Waals surface area contributed by atoms with E-state index in [1.54, 1.807) is 0 Å². The van der Waals surface area contributed by atoms with Gasteiger partial charge in [-0.05, 0) is 62.8 Å². The minimum Gasteiger partial charge on any atom is -0.332 e. The molecule has 0 aliphatic carbocycles. The van der Waals surface area contributed by atoms with Crippen molar-refractivity contribution >= 4 is 28.8 Å². The maximum absolute atomic E-state index is 5.28. The van der Waals surface area contributed by atoms with Crippen LogP contribution in [0, 0.1) is 20.8 Å². The average molecular weight is 271 g/mol. The highest BCUT2D eigenvalue weighted by molar-refractivity contribution is 7.80. The summed E-state index contributed by atoms with van der Waals surface area (Å²) in [4.78, 5) is 4.39. The molecule has 2 rings (SSSR count). The molecule has 0 spiro atoms. The summed E-state index contributed by atoms with van der Waals surface area (Å²) in [6.45, 7) is 6.06. The number of thiocarbonyl (C=S) groups is 1. The Labute approximate surface area is 119 Å². The molecule has 0 atom stereocenters. The van der Waals surface area contributed by atoms with E-state index < -0.39 is 0 Å². The lowest BCUT2D eigenvalue weighted by atomic mass is 10.2. The summed E-state index contributed by atoms with van der Waals surface area (Å²) in [6, 6.07) is 12.1. The van der Waals surface area contributed by atoms with Gasteiger partial charge in [0, 0.05) is 11.4 Å². The molecule has 0 aliphatic rings. The van der Waals surface area contributed by atoms with Crippen molar-refractivity contribution in [2.75, 3.05) is 10.6 Å². The number of aromatic nitrogens is 1. The van der Waals surface area contributed by atoms with Gasteiger partial charge in [-0.1, -0.05) is 17.7 Å². The number of nitrogens with zero attached hydrogens (tertiary/aromatic N) is 1. The van der Waals surface area contributed by atoms with E-state index in [-0.39, 0.29) is 0 Å². The highest BCUT2D eigenvalue weighted by atomic mass is 32.1. The third kappa shape index (κ3) is 4.03. The van der Waals surface area contributed by atoms with Crippen LogP contribution in [0.4, 0.5) is 11.5 Å². The molecule has 1 aromatic carbocycles. The van der Waals surface area contributed by atoms with E-state index in [1.165, 1.54) is 5.56 Å². The average Bonchev–Trinajstić information content (AvgIpc) is 2.30. The molecule has 0 radical (unpaired) electrons. The van der Waals surface area contributed by atoms with Gasteiger partial charge < -0.3 is 10.6 Å². The van der Waals surface area contributed by atoms with E-state index in [2.05, 4.69) is 22.5 Å². The van der Waals surface area contributed by atoms with Crippen molar-refractivity contribution in [3.8, 4) is 0 Å². The molecular formula is C15H17N3S. The summed E-state index contributed by atoms with van der Waals surface area (Å²) in [5, 5.41) is 6.78. The first-order valence-corrected chi connectivity index (χ1v) is 6.54. The molecule has 0 bridgehead atoms. The quantitative estimate of drug-likeness (QED) is 0.814. The van der Waals surface area contributed by atoms with Crippen molar-refractivity contribution in [1.29, 1.82) is 0 Å². The van der Waals surface area contributed by atoms with Crippen LogP contribution >= 0.6 is 12.2 Å². The molecular weight excluding hydrogens is 254 g/mol. The van der Waals surface area contributed by atoms with Gasteiger partial charge in [0.25, 0.3) is 0 Å². The van der Waals surface area contributed by atoms with Crippen LogP contribution in [-0.4, -0.2) is 10.1 Å². The summed E-state index contributed by atoms with van der Waals surface area (Å²) in [5.41, 5.74) is 4.32. The zero-order valence-electron chi connectivity index (χ0n) is 11.3. The molecule has 3 nitrogen and oxygen atoms in total. The normalized spacial score (nSPS) is 10.1. The second-order valence-electron chi connectivity index (χ2n) is 4.62. The summed E-state index contributed by atoms with van der Waals surface area (Å²) in [6.07, 6.45) is 0. The van der Waals surface area contributed by atoms with Gasteiger partial charge in [0.1, 0.15) is 5.82 Å². The first kappa shape index (κ1) is 13.5. The number of rotatable bonds is 2. The maximum atomic E-state index is 5.28. The molecule has 0 unspecified atom stereocenters. The lowest BCUT2D eigenvalue weighted by molar-refractivity contribution is 1.18. The molecule has 0 aliphatic heterocycles. The van der Waals surface area contributed by atoms with Crippen LogP contribution in [0.15, 0.2) is 36.4 Å². The van der Waals surface area contributed by atoms with Crippen molar-refractivity contribution in [1.82, 2.24) is 4.98 Å². The summed E-state index contributed by atoms with van der Waals surface area (Å²) in [5.74, 6) is 0.766. The first-order valence-electron chi connectivity index (χ1n) is 6.13. The topological polar surface area (TPSA) is 37.0 Å². The monoisotopic (exact) mass is 271 g/mol. The third-order valence-electron chi connectivity index (χ3n) is 2.65. The van der Waals surface area contributed by atoms with Gasteiger partial charge in [-0.2, -0.15) is 0 Å². The SMILES string of the molecule is Cc1ccc(NC(=S)Nc2cc(C)cc(C)n2)cc1. The smallest absolute Gasteiger partial charge is 0.176 e. The fourth-order valence-corrected chi connectivity index (χ4v) is 2.04. The minimum absolute atomic E-state index is 0.543. The van der Waals surface area contributed by atoms with Gasteiger partial charge in [-0.15, -0.1) is 0 Å². The third-order valence-corrected chi connectivity index (χ3v) is 2.85. The molecule has 19 heavy (non-hydrogen) atoms. The van der Waals surface area contributed by atoms with Crippen molar-refractivity contribution in [2.24, 2.45) is 0 Å². The standard InChI is InChI=1S/C15H17N3S/c1-10-4-6-13(7-5-10)17-15(19)18-14-9-11(2)8-12(3)16-14/h4-9H,1-3H3,(H2,16,17,18,19). The molecule has 1 aromatic heterocycles. The maximum Gasteiger partial charge on any atom is 0.176 e. The van der Waals surface area contributed by atoms with Gasteiger partial charge >= 0.3 is 0 Å². The van der Waals surface area contributed by atoms with E-state index in [4.69, 9.17) is 12.2 Å². The first-order chi connectivity index (χ1) is 9.02. The van der Waals surface area contributed by atoms with E-state index in [0.29, 0.717) is 5.11 Å². The van der Waals surface area contributed by atoms with Gasteiger partial charge in [0.2, 0.25) is 0 Å². The Hall–Kier alpha value is -1.94. The molecule has 0 fully saturated rings. The number of benzene rings is 1. The van der Waals surface area contributed by atoms with E-state index in [0.717, 1.165) is 22.8 Å². The minimum atomic E-state index is 0.543. The Morgan fingerprint density at radius 3 is 2.26 bits per heavy atom. The molecule has 0 amide bonds. The molecule has 0 saturated heterocycles. The zero-order chi connectivity index (χ0) is 13.8. The molecule has 0 saturated carbocycles. The predicted molar refractivity (Wildman–Crippen MR) is 84.7 cm³/mol. The van der Waals surface area contributed by atoms with Crippen LogP contribution in [0.25, 0.3) is 0 Å². The van der Waals surface area contributed by atoms with Crippen LogP contribution in [0.3, 0.4) is 0 Å². The fraction of sp³-hybridized carbons (Fsp3) is 0.200. The van der Waals surface area contributed by atoms with Gasteiger partial charge in [0.05, 0.1) is 0 Å². The predicted octanol–water partition coefficient (Wildman–Crippen LogP) is 3.82. The molecule has 1 heterocycles. The molecule has 2 aromatic rings. The van der Waals surface area contributed by atoms with Crippen LogP contribution in [0.5, 0.6) is 0 Å². The van der Waals surface area contributed by atoms with Crippen LogP contribution in [0.1, 0.15) is 16.8 Å². The summed E-state index contributed by atoms with van der Waals surface area (Å²) < 4.78 is 0. The Bertz CT molecular complexity index is 571. The fourth-order valence-electron chi connectivity index (χ4n) is 1.82. The molecule has 98 valence electrons. The second kappa shape index (κ2) is 5.80. The van der Waals surface area contributed by atoms with Gasteiger partial charge in [0.15, 0.2) is 5.11 Å².